The fraction of sp³-hybridized carbons (Fsp3) is 0.952. The van der Waals surface area contributed by atoms with Crippen LogP contribution in [0, 0.1) is 0 Å². The average Bonchev–Trinajstić information content (AvgIpc) is 3.42. The summed E-state index contributed by atoms with van der Waals surface area (Å²) in [5.74, 6) is 0. The van der Waals surface area contributed by atoms with Crippen LogP contribution in [0.5, 0.6) is 0 Å². The first kappa shape index (κ1) is 41.4. The van der Waals surface area contributed by atoms with Crippen LogP contribution in [0.1, 0.15) is 239 Å². The molecule has 0 aromatic carbocycles. The third kappa shape index (κ3) is 25.5. The van der Waals surface area contributed by atoms with Crippen LogP contribution < -0.4 is 0 Å². The number of unbranched alkanes of at least 4 members (excludes halogenated alkanes) is 30. The summed E-state index contributed by atoms with van der Waals surface area (Å²) in [6, 6.07) is 0. The minimum Gasteiger partial charge on any atom is -0.356 e. The van der Waals surface area contributed by atoms with Gasteiger partial charge in [0.2, 0.25) is 0 Å². The normalized spacial score (nSPS) is 14.8. The third-order valence-electron chi connectivity index (χ3n) is 10.3. The molecule has 1 atom stereocenters. The van der Waals surface area contributed by atoms with Gasteiger partial charge in [0, 0.05) is 25.5 Å². The number of nitrogens with zero attached hydrogens (tertiary/aromatic N) is 2. The van der Waals surface area contributed by atoms with Crippen molar-refractivity contribution in [1.82, 2.24) is 9.80 Å². The quantitative estimate of drug-likeness (QED) is 0.0646. The van der Waals surface area contributed by atoms with Crippen LogP contribution in [0.25, 0.3) is 0 Å². The minimum absolute atomic E-state index is 0.639. The highest BCUT2D eigenvalue weighted by atomic mass is 15.4. The topological polar surface area (TPSA) is 6.48 Å². The highest BCUT2D eigenvalue weighted by molar-refractivity contribution is 4.97. The van der Waals surface area contributed by atoms with Crippen molar-refractivity contribution < 1.29 is 0 Å². The molecule has 0 spiro atoms. The summed E-state index contributed by atoms with van der Waals surface area (Å²) >= 11 is 0. The summed E-state index contributed by atoms with van der Waals surface area (Å²) in [5, 5.41) is 0. The zero-order chi connectivity index (χ0) is 31.6. The van der Waals surface area contributed by atoms with Gasteiger partial charge in [-0.15, -0.1) is 0 Å². The van der Waals surface area contributed by atoms with Gasteiger partial charge in [0.1, 0.15) is 6.17 Å². The third-order valence-corrected chi connectivity index (χ3v) is 10.3. The molecule has 262 valence electrons. The molecular formula is C42H84N2. The van der Waals surface area contributed by atoms with Crippen LogP contribution in [0.15, 0.2) is 12.4 Å². The Labute approximate surface area is 280 Å². The molecule has 0 saturated carbocycles. The molecule has 1 rings (SSSR count). The van der Waals surface area contributed by atoms with Crippen LogP contribution >= 0.6 is 0 Å². The van der Waals surface area contributed by atoms with E-state index < -0.39 is 0 Å². The first-order valence-electron chi connectivity index (χ1n) is 21.0. The van der Waals surface area contributed by atoms with Crippen LogP contribution in [-0.4, -0.2) is 29.1 Å². The highest BCUT2D eigenvalue weighted by Gasteiger charge is 2.24. The second kappa shape index (κ2) is 33.7. The van der Waals surface area contributed by atoms with Gasteiger partial charge in [-0.05, 0) is 25.7 Å². The number of hydrogen-bond acceptors (Lipinski definition) is 2. The maximum atomic E-state index is 2.72. The Kier molecular flexibility index (Phi) is 31.7. The maximum Gasteiger partial charge on any atom is 0.101 e. The van der Waals surface area contributed by atoms with Crippen molar-refractivity contribution in [3.8, 4) is 0 Å². The highest BCUT2D eigenvalue weighted by Crippen LogP contribution is 2.24. The standard InChI is InChI=1S/C42H84N2/c1-4-7-10-13-16-19-21-22-23-25-27-30-33-36-39-44-41-40-43(42(44)37-34-31-28-18-15-12-9-6-3)38-35-32-29-26-24-20-17-14-11-8-5-2/h40-42H,4-39H2,1-3H3. The van der Waals surface area contributed by atoms with Gasteiger partial charge < -0.3 is 9.80 Å². The van der Waals surface area contributed by atoms with Gasteiger partial charge in [-0.1, -0.05) is 213 Å². The molecule has 2 heteroatoms. The van der Waals surface area contributed by atoms with Crippen LogP contribution in [0.2, 0.25) is 0 Å². The molecule has 1 heterocycles. The predicted octanol–water partition coefficient (Wildman–Crippen LogP) is 14.7. The molecule has 0 aromatic rings. The summed E-state index contributed by atoms with van der Waals surface area (Å²) in [6.07, 6.45) is 54.4. The van der Waals surface area contributed by atoms with E-state index in [1.165, 1.54) is 231 Å². The zero-order valence-electron chi connectivity index (χ0n) is 31.1. The van der Waals surface area contributed by atoms with Crippen molar-refractivity contribution in [3.63, 3.8) is 0 Å². The monoisotopic (exact) mass is 617 g/mol. The van der Waals surface area contributed by atoms with Gasteiger partial charge in [0.15, 0.2) is 0 Å². The van der Waals surface area contributed by atoms with E-state index in [0.29, 0.717) is 6.17 Å². The van der Waals surface area contributed by atoms with Crippen molar-refractivity contribution in [2.75, 3.05) is 13.1 Å². The van der Waals surface area contributed by atoms with E-state index >= 15 is 0 Å². The van der Waals surface area contributed by atoms with Crippen molar-refractivity contribution in [2.24, 2.45) is 0 Å². The van der Waals surface area contributed by atoms with E-state index in [4.69, 9.17) is 0 Å². The second-order valence-electron chi connectivity index (χ2n) is 14.6. The summed E-state index contributed by atoms with van der Waals surface area (Å²) in [7, 11) is 0. The molecule has 2 nitrogen and oxygen atoms in total. The lowest BCUT2D eigenvalue weighted by atomic mass is 10.0. The van der Waals surface area contributed by atoms with Crippen molar-refractivity contribution in [1.29, 1.82) is 0 Å². The molecule has 0 N–H and O–H groups in total. The summed E-state index contributed by atoms with van der Waals surface area (Å²) in [6.45, 7) is 9.49. The van der Waals surface area contributed by atoms with Gasteiger partial charge in [-0.2, -0.15) is 0 Å². The molecule has 0 saturated heterocycles. The molecule has 1 unspecified atom stereocenters. The lowest BCUT2D eigenvalue weighted by molar-refractivity contribution is 0.135. The Hall–Kier alpha value is -0.660. The Morgan fingerprint density at radius 2 is 0.523 bits per heavy atom. The Morgan fingerprint density at radius 3 is 0.795 bits per heavy atom. The van der Waals surface area contributed by atoms with E-state index in [9.17, 15) is 0 Å². The second-order valence-corrected chi connectivity index (χ2v) is 14.6. The van der Waals surface area contributed by atoms with E-state index in [0.717, 1.165) is 0 Å². The molecule has 0 radical (unpaired) electrons. The Balaban J connectivity index is 2.19. The lowest BCUT2D eigenvalue weighted by Crippen LogP contribution is -2.39. The number of rotatable bonds is 36. The molecular weight excluding hydrogens is 532 g/mol. The zero-order valence-corrected chi connectivity index (χ0v) is 31.1. The van der Waals surface area contributed by atoms with Gasteiger partial charge in [0.25, 0.3) is 0 Å². The van der Waals surface area contributed by atoms with Gasteiger partial charge in [0.05, 0.1) is 0 Å². The fourth-order valence-electron chi connectivity index (χ4n) is 7.25. The van der Waals surface area contributed by atoms with Crippen LogP contribution in [0.3, 0.4) is 0 Å². The van der Waals surface area contributed by atoms with E-state index in [2.05, 4.69) is 43.0 Å². The average molecular weight is 617 g/mol. The smallest absolute Gasteiger partial charge is 0.101 e. The maximum absolute atomic E-state index is 2.72. The summed E-state index contributed by atoms with van der Waals surface area (Å²) in [4.78, 5) is 5.44. The summed E-state index contributed by atoms with van der Waals surface area (Å²) in [5.41, 5.74) is 0. The largest absolute Gasteiger partial charge is 0.356 e. The van der Waals surface area contributed by atoms with Gasteiger partial charge >= 0.3 is 0 Å². The predicted molar refractivity (Wildman–Crippen MR) is 200 cm³/mol. The minimum atomic E-state index is 0.639. The molecule has 1 aliphatic heterocycles. The van der Waals surface area contributed by atoms with Gasteiger partial charge in [-0.3, -0.25) is 0 Å². The fourth-order valence-corrected chi connectivity index (χ4v) is 7.25. The molecule has 0 fully saturated rings. The molecule has 0 bridgehead atoms. The molecule has 0 amide bonds. The van der Waals surface area contributed by atoms with Crippen molar-refractivity contribution in [2.45, 2.75) is 245 Å². The van der Waals surface area contributed by atoms with Crippen molar-refractivity contribution >= 4 is 0 Å². The van der Waals surface area contributed by atoms with Gasteiger partial charge in [-0.25, -0.2) is 0 Å². The van der Waals surface area contributed by atoms with E-state index in [1.807, 2.05) is 0 Å². The first-order valence-corrected chi connectivity index (χ1v) is 21.0. The molecule has 0 aliphatic carbocycles. The van der Waals surface area contributed by atoms with Crippen molar-refractivity contribution in [3.05, 3.63) is 12.4 Å². The van der Waals surface area contributed by atoms with Crippen LogP contribution in [-0.2, 0) is 0 Å². The SMILES string of the molecule is CCCCCCCCCCCCCCCCN1C=CN(CCCCCCCCCCCCC)C1CCCCCCCCCC. The first-order chi connectivity index (χ1) is 21.8. The Bertz CT molecular complexity index is 572. The van der Waals surface area contributed by atoms with Crippen LogP contribution in [0.4, 0.5) is 0 Å². The lowest BCUT2D eigenvalue weighted by Gasteiger charge is -2.33. The Morgan fingerprint density at radius 1 is 0.295 bits per heavy atom. The van der Waals surface area contributed by atoms with E-state index in [1.54, 1.807) is 0 Å². The molecule has 1 aliphatic rings. The number of hydrogen-bond donors (Lipinski definition) is 0. The molecule has 0 aromatic heterocycles. The van der Waals surface area contributed by atoms with E-state index in [-0.39, 0.29) is 0 Å². The summed E-state index contributed by atoms with van der Waals surface area (Å²) < 4.78 is 0. The molecule has 44 heavy (non-hydrogen) atoms.